The van der Waals surface area contributed by atoms with Crippen LogP contribution in [0.3, 0.4) is 0 Å². The molecule has 1 saturated carbocycles. The van der Waals surface area contributed by atoms with Crippen molar-refractivity contribution in [1.82, 2.24) is 4.90 Å². The molecule has 3 heteroatoms. The number of hydrogen-bond donors (Lipinski definition) is 1. The minimum absolute atomic E-state index is 0.359. The molecule has 1 atom stereocenters. The van der Waals surface area contributed by atoms with Crippen molar-refractivity contribution < 1.29 is 4.74 Å². The van der Waals surface area contributed by atoms with Gasteiger partial charge in [-0.1, -0.05) is 12.1 Å². The first-order valence-corrected chi connectivity index (χ1v) is 7.53. The van der Waals surface area contributed by atoms with Crippen LogP contribution in [0.25, 0.3) is 0 Å². The van der Waals surface area contributed by atoms with Crippen LogP contribution in [0.2, 0.25) is 0 Å². The largest absolute Gasteiger partial charge is 0.490 e. The number of nitrogens with zero attached hydrogens (tertiary/aromatic N) is 1. The highest BCUT2D eigenvalue weighted by Crippen LogP contribution is 2.25. The van der Waals surface area contributed by atoms with Gasteiger partial charge in [-0.15, -0.1) is 0 Å². The SMILES string of the molecule is N[C@H]1CCN(Cc2cccc(OC3CCCC3)c2)C1. The van der Waals surface area contributed by atoms with E-state index in [-0.39, 0.29) is 0 Å². The van der Waals surface area contributed by atoms with Crippen LogP contribution in [0.4, 0.5) is 0 Å². The molecule has 2 N–H and O–H groups in total. The molecular weight excluding hydrogens is 236 g/mol. The van der Waals surface area contributed by atoms with E-state index in [1.54, 1.807) is 0 Å². The number of hydrogen-bond acceptors (Lipinski definition) is 3. The highest BCUT2D eigenvalue weighted by Gasteiger charge is 2.19. The Morgan fingerprint density at radius 1 is 1.21 bits per heavy atom. The van der Waals surface area contributed by atoms with Crippen LogP contribution in [0.15, 0.2) is 24.3 Å². The Morgan fingerprint density at radius 2 is 2.05 bits per heavy atom. The minimum atomic E-state index is 0.359. The molecule has 2 fully saturated rings. The molecule has 19 heavy (non-hydrogen) atoms. The highest BCUT2D eigenvalue weighted by molar-refractivity contribution is 5.28. The molecule has 1 saturated heterocycles. The second-order valence-electron chi connectivity index (χ2n) is 5.96. The van der Waals surface area contributed by atoms with E-state index in [1.807, 2.05) is 0 Å². The lowest BCUT2D eigenvalue weighted by molar-refractivity contribution is 0.209. The summed E-state index contributed by atoms with van der Waals surface area (Å²) < 4.78 is 6.06. The smallest absolute Gasteiger partial charge is 0.120 e. The Balaban J connectivity index is 1.59. The highest BCUT2D eigenvalue weighted by atomic mass is 16.5. The molecule has 3 nitrogen and oxygen atoms in total. The monoisotopic (exact) mass is 260 g/mol. The normalized spacial score (nSPS) is 25.0. The Labute approximate surface area is 115 Å². The van der Waals surface area contributed by atoms with Gasteiger partial charge >= 0.3 is 0 Å². The van der Waals surface area contributed by atoms with E-state index in [4.69, 9.17) is 10.5 Å². The van der Waals surface area contributed by atoms with E-state index in [9.17, 15) is 0 Å². The molecule has 0 bridgehead atoms. The van der Waals surface area contributed by atoms with E-state index in [1.165, 1.54) is 31.2 Å². The molecule has 1 aliphatic heterocycles. The number of benzene rings is 1. The summed E-state index contributed by atoms with van der Waals surface area (Å²) in [7, 11) is 0. The van der Waals surface area contributed by atoms with Crippen molar-refractivity contribution in [2.24, 2.45) is 5.73 Å². The van der Waals surface area contributed by atoms with Crippen LogP contribution in [0.5, 0.6) is 5.75 Å². The number of nitrogens with two attached hydrogens (primary N) is 1. The maximum absolute atomic E-state index is 6.06. The third-order valence-corrected chi connectivity index (χ3v) is 4.22. The Morgan fingerprint density at radius 3 is 2.79 bits per heavy atom. The zero-order chi connectivity index (χ0) is 13.1. The molecule has 0 aromatic heterocycles. The summed E-state index contributed by atoms with van der Waals surface area (Å²) in [6.07, 6.45) is 6.62. The van der Waals surface area contributed by atoms with Gasteiger partial charge in [0.25, 0.3) is 0 Å². The van der Waals surface area contributed by atoms with Gasteiger partial charge in [0.05, 0.1) is 6.10 Å². The first kappa shape index (κ1) is 12.9. The minimum Gasteiger partial charge on any atom is -0.490 e. The first-order chi connectivity index (χ1) is 9.29. The van der Waals surface area contributed by atoms with Gasteiger partial charge in [0.2, 0.25) is 0 Å². The summed E-state index contributed by atoms with van der Waals surface area (Å²) >= 11 is 0. The molecule has 0 unspecified atom stereocenters. The van der Waals surface area contributed by atoms with Gasteiger partial charge in [-0.2, -0.15) is 0 Å². The van der Waals surface area contributed by atoms with Crippen molar-refractivity contribution in [2.75, 3.05) is 13.1 Å². The maximum Gasteiger partial charge on any atom is 0.120 e. The van der Waals surface area contributed by atoms with Gasteiger partial charge in [0.15, 0.2) is 0 Å². The summed E-state index contributed by atoms with van der Waals surface area (Å²) in [5.74, 6) is 1.04. The van der Waals surface area contributed by atoms with Crippen LogP contribution in [-0.4, -0.2) is 30.1 Å². The van der Waals surface area contributed by atoms with Crippen LogP contribution in [0, 0.1) is 0 Å². The molecule has 0 radical (unpaired) electrons. The summed E-state index contributed by atoms with van der Waals surface area (Å²) in [5, 5.41) is 0. The van der Waals surface area contributed by atoms with Crippen molar-refractivity contribution in [3.05, 3.63) is 29.8 Å². The molecule has 3 rings (SSSR count). The third-order valence-electron chi connectivity index (χ3n) is 4.22. The molecule has 1 aromatic carbocycles. The molecule has 1 aromatic rings. The zero-order valence-corrected chi connectivity index (χ0v) is 11.6. The van der Waals surface area contributed by atoms with Gasteiger partial charge in [-0.05, 0) is 49.8 Å². The molecule has 104 valence electrons. The average Bonchev–Trinajstić information content (AvgIpc) is 3.02. The molecular formula is C16H24N2O. The summed E-state index contributed by atoms with van der Waals surface area (Å²) in [4.78, 5) is 2.43. The molecule has 0 amide bonds. The van der Waals surface area contributed by atoms with Gasteiger partial charge < -0.3 is 10.5 Å². The molecule has 0 spiro atoms. The second kappa shape index (κ2) is 5.93. The fraction of sp³-hybridized carbons (Fsp3) is 0.625. The van der Waals surface area contributed by atoms with Crippen molar-refractivity contribution in [3.63, 3.8) is 0 Å². The van der Waals surface area contributed by atoms with E-state index in [0.717, 1.165) is 31.8 Å². The number of likely N-dealkylation sites (tertiary alicyclic amines) is 1. The van der Waals surface area contributed by atoms with Crippen molar-refractivity contribution in [3.8, 4) is 5.75 Å². The Bertz CT molecular complexity index is 415. The van der Waals surface area contributed by atoms with Crippen LogP contribution in [0.1, 0.15) is 37.7 Å². The van der Waals surface area contributed by atoms with Gasteiger partial charge in [-0.25, -0.2) is 0 Å². The van der Waals surface area contributed by atoms with Crippen LogP contribution < -0.4 is 10.5 Å². The lowest BCUT2D eigenvalue weighted by Crippen LogP contribution is -2.26. The van der Waals surface area contributed by atoms with Crippen molar-refractivity contribution >= 4 is 0 Å². The van der Waals surface area contributed by atoms with Crippen LogP contribution in [-0.2, 0) is 6.54 Å². The van der Waals surface area contributed by atoms with E-state index in [0.29, 0.717) is 12.1 Å². The van der Waals surface area contributed by atoms with Crippen LogP contribution >= 0.6 is 0 Å². The number of rotatable bonds is 4. The predicted molar refractivity (Wildman–Crippen MR) is 77.2 cm³/mol. The van der Waals surface area contributed by atoms with Gasteiger partial charge in [0, 0.05) is 25.7 Å². The molecule has 2 aliphatic rings. The summed E-state index contributed by atoms with van der Waals surface area (Å²) in [6.45, 7) is 3.14. The van der Waals surface area contributed by atoms with E-state index >= 15 is 0 Å². The lowest BCUT2D eigenvalue weighted by Gasteiger charge is -2.17. The fourth-order valence-corrected chi connectivity index (χ4v) is 3.18. The average molecular weight is 260 g/mol. The standard InChI is InChI=1S/C16H24N2O/c17-14-8-9-18(12-14)11-13-4-3-7-16(10-13)19-15-5-1-2-6-15/h3-4,7,10,14-15H,1-2,5-6,8-9,11-12,17H2/t14-/m0/s1. The van der Waals surface area contributed by atoms with Crippen molar-refractivity contribution in [2.45, 2.75) is 50.8 Å². The molecule has 1 aliphatic carbocycles. The fourth-order valence-electron chi connectivity index (χ4n) is 3.18. The lowest BCUT2D eigenvalue weighted by atomic mass is 10.2. The summed E-state index contributed by atoms with van der Waals surface area (Å²) in [6, 6.07) is 8.93. The zero-order valence-electron chi connectivity index (χ0n) is 11.6. The van der Waals surface area contributed by atoms with E-state index < -0.39 is 0 Å². The Kier molecular flexibility index (Phi) is 4.04. The van der Waals surface area contributed by atoms with Gasteiger partial charge in [0.1, 0.15) is 5.75 Å². The number of ether oxygens (including phenoxy) is 1. The third kappa shape index (κ3) is 3.48. The maximum atomic E-state index is 6.06. The second-order valence-corrected chi connectivity index (χ2v) is 5.96. The Hall–Kier alpha value is -1.06. The summed E-state index contributed by atoms with van der Waals surface area (Å²) in [5.41, 5.74) is 7.29. The van der Waals surface area contributed by atoms with Gasteiger partial charge in [-0.3, -0.25) is 4.90 Å². The van der Waals surface area contributed by atoms with E-state index in [2.05, 4.69) is 29.2 Å². The predicted octanol–water partition coefficient (Wildman–Crippen LogP) is 2.54. The first-order valence-electron chi connectivity index (χ1n) is 7.53. The molecule has 1 heterocycles. The van der Waals surface area contributed by atoms with Crippen molar-refractivity contribution in [1.29, 1.82) is 0 Å². The topological polar surface area (TPSA) is 38.5 Å². The quantitative estimate of drug-likeness (QED) is 0.904.